The van der Waals surface area contributed by atoms with Crippen LogP contribution < -0.4 is 10.6 Å². The molecule has 0 spiro atoms. The van der Waals surface area contributed by atoms with Crippen molar-refractivity contribution in [3.05, 3.63) is 0 Å². The first-order valence-electron chi connectivity index (χ1n) is 11.0. The molecule has 1 saturated heterocycles. The lowest BCUT2D eigenvalue weighted by Crippen LogP contribution is -2.57. The topological polar surface area (TPSA) is 61.4 Å². The minimum Gasteiger partial charge on any atom is -0.353 e. The van der Waals surface area contributed by atoms with Crippen LogP contribution in [0.1, 0.15) is 57.8 Å². The third-order valence-electron chi connectivity index (χ3n) is 7.80. The standard InChI is InChI=1S/C21H33N3O2/c25-19(23-20-16-8-13-7-14(10-16)11-17(20)9-13)12-24-5-3-18(4-6-24)22-21(26)15-1-2-15/h13-18,20H,1-12H2,(H,22,26)(H,23,25). The van der Waals surface area contributed by atoms with Crippen LogP contribution in [0.25, 0.3) is 0 Å². The summed E-state index contributed by atoms with van der Waals surface area (Å²) in [6, 6.07) is 0.762. The van der Waals surface area contributed by atoms with Crippen molar-refractivity contribution in [1.82, 2.24) is 15.5 Å². The number of hydrogen-bond donors (Lipinski definition) is 2. The van der Waals surface area contributed by atoms with E-state index < -0.39 is 0 Å². The molecule has 5 aliphatic carbocycles. The predicted molar refractivity (Wildman–Crippen MR) is 99.3 cm³/mol. The summed E-state index contributed by atoms with van der Waals surface area (Å²) in [5, 5.41) is 6.61. The number of rotatable bonds is 5. The van der Waals surface area contributed by atoms with Crippen LogP contribution in [0, 0.1) is 29.6 Å². The fourth-order valence-electron chi connectivity index (χ4n) is 6.50. The molecule has 0 aromatic carbocycles. The van der Waals surface area contributed by atoms with Crippen molar-refractivity contribution in [2.75, 3.05) is 19.6 Å². The number of amides is 2. The molecule has 4 bridgehead atoms. The van der Waals surface area contributed by atoms with Crippen LogP contribution in [-0.4, -0.2) is 48.4 Å². The predicted octanol–water partition coefficient (Wildman–Crippen LogP) is 1.92. The molecule has 5 nitrogen and oxygen atoms in total. The molecular weight excluding hydrogens is 326 g/mol. The van der Waals surface area contributed by atoms with Crippen molar-refractivity contribution in [2.45, 2.75) is 69.9 Å². The van der Waals surface area contributed by atoms with Gasteiger partial charge in [0.1, 0.15) is 0 Å². The van der Waals surface area contributed by atoms with E-state index in [-0.39, 0.29) is 11.8 Å². The first kappa shape index (κ1) is 17.0. The summed E-state index contributed by atoms with van der Waals surface area (Å²) < 4.78 is 0. The van der Waals surface area contributed by atoms with Crippen LogP contribution in [0.5, 0.6) is 0 Å². The fraction of sp³-hybridized carbons (Fsp3) is 0.905. The maximum absolute atomic E-state index is 12.6. The van der Waals surface area contributed by atoms with Crippen molar-refractivity contribution in [3.63, 3.8) is 0 Å². The summed E-state index contributed by atoms with van der Waals surface area (Å²) in [6.07, 6.45) is 10.9. The molecule has 2 amide bonds. The molecule has 26 heavy (non-hydrogen) atoms. The number of carbonyl (C=O) groups is 2. The Morgan fingerprint density at radius 3 is 2.00 bits per heavy atom. The molecule has 5 saturated carbocycles. The van der Waals surface area contributed by atoms with Crippen molar-refractivity contribution >= 4 is 11.8 Å². The first-order chi connectivity index (χ1) is 12.6. The van der Waals surface area contributed by atoms with Crippen LogP contribution >= 0.6 is 0 Å². The van der Waals surface area contributed by atoms with Crippen LogP contribution in [0.15, 0.2) is 0 Å². The van der Waals surface area contributed by atoms with E-state index in [1.807, 2.05) is 0 Å². The summed E-state index contributed by atoms with van der Waals surface area (Å²) in [6.45, 7) is 2.38. The first-order valence-corrected chi connectivity index (χ1v) is 11.0. The quantitative estimate of drug-likeness (QED) is 0.788. The van der Waals surface area contributed by atoms with E-state index in [1.54, 1.807) is 0 Å². The van der Waals surface area contributed by atoms with Gasteiger partial charge in [-0.15, -0.1) is 0 Å². The van der Waals surface area contributed by atoms with Gasteiger partial charge < -0.3 is 10.6 Å². The molecule has 6 aliphatic rings. The van der Waals surface area contributed by atoms with Crippen molar-refractivity contribution in [1.29, 1.82) is 0 Å². The smallest absolute Gasteiger partial charge is 0.234 e. The molecule has 5 heteroatoms. The lowest BCUT2D eigenvalue weighted by atomic mass is 9.54. The van der Waals surface area contributed by atoms with E-state index in [0.29, 0.717) is 24.5 Å². The molecule has 0 aromatic heterocycles. The zero-order valence-corrected chi connectivity index (χ0v) is 15.8. The van der Waals surface area contributed by atoms with Gasteiger partial charge in [0.15, 0.2) is 0 Å². The average molecular weight is 360 g/mol. The van der Waals surface area contributed by atoms with Crippen LogP contribution in [0.2, 0.25) is 0 Å². The zero-order valence-electron chi connectivity index (χ0n) is 15.8. The molecule has 0 atom stereocenters. The van der Waals surface area contributed by atoms with Crippen LogP contribution in [0.4, 0.5) is 0 Å². The number of carbonyl (C=O) groups excluding carboxylic acids is 2. The van der Waals surface area contributed by atoms with Gasteiger partial charge in [0, 0.05) is 31.1 Å². The highest BCUT2D eigenvalue weighted by molar-refractivity contribution is 5.81. The second-order valence-corrected chi connectivity index (χ2v) is 9.86. The van der Waals surface area contributed by atoms with Gasteiger partial charge in [0.25, 0.3) is 0 Å². The van der Waals surface area contributed by atoms with Gasteiger partial charge in [-0.2, -0.15) is 0 Å². The number of nitrogens with one attached hydrogen (secondary N) is 2. The van der Waals surface area contributed by atoms with Gasteiger partial charge in [-0.3, -0.25) is 14.5 Å². The third kappa shape index (κ3) is 3.51. The highest BCUT2D eigenvalue weighted by Gasteiger charge is 2.48. The van der Waals surface area contributed by atoms with Gasteiger partial charge in [-0.1, -0.05) is 0 Å². The summed E-state index contributed by atoms with van der Waals surface area (Å²) >= 11 is 0. The average Bonchev–Trinajstić information content (AvgIpc) is 3.44. The van der Waals surface area contributed by atoms with E-state index >= 15 is 0 Å². The Morgan fingerprint density at radius 2 is 1.42 bits per heavy atom. The van der Waals surface area contributed by atoms with E-state index in [1.165, 1.54) is 32.1 Å². The molecule has 0 aromatic rings. The van der Waals surface area contributed by atoms with Crippen molar-refractivity contribution in [2.24, 2.45) is 29.6 Å². The van der Waals surface area contributed by atoms with E-state index in [0.717, 1.165) is 62.4 Å². The Kier molecular flexibility index (Phi) is 4.46. The Morgan fingerprint density at radius 1 is 0.808 bits per heavy atom. The van der Waals surface area contributed by atoms with E-state index in [9.17, 15) is 9.59 Å². The van der Waals surface area contributed by atoms with E-state index in [2.05, 4.69) is 15.5 Å². The molecule has 0 radical (unpaired) electrons. The van der Waals surface area contributed by atoms with Crippen LogP contribution in [0.3, 0.4) is 0 Å². The molecule has 1 aliphatic heterocycles. The zero-order chi connectivity index (χ0) is 17.7. The van der Waals surface area contributed by atoms with Crippen molar-refractivity contribution in [3.8, 4) is 0 Å². The van der Waals surface area contributed by atoms with Gasteiger partial charge in [0.05, 0.1) is 6.54 Å². The molecule has 6 fully saturated rings. The molecule has 2 N–H and O–H groups in total. The molecule has 144 valence electrons. The number of piperidine rings is 1. The Bertz CT molecular complexity index is 538. The van der Waals surface area contributed by atoms with Crippen molar-refractivity contribution < 1.29 is 9.59 Å². The van der Waals surface area contributed by atoms with Gasteiger partial charge >= 0.3 is 0 Å². The second-order valence-electron chi connectivity index (χ2n) is 9.86. The second kappa shape index (κ2) is 6.81. The van der Waals surface area contributed by atoms with Crippen LogP contribution in [-0.2, 0) is 9.59 Å². The monoisotopic (exact) mass is 359 g/mol. The molecular formula is C21H33N3O2. The lowest BCUT2D eigenvalue weighted by molar-refractivity contribution is -0.127. The third-order valence-corrected chi connectivity index (χ3v) is 7.80. The molecule has 1 heterocycles. The number of nitrogens with zero attached hydrogens (tertiary/aromatic N) is 1. The lowest BCUT2D eigenvalue weighted by Gasteiger charge is -2.54. The highest BCUT2D eigenvalue weighted by Crippen LogP contribution is 2.53. The largest absolute Gasteiger partial charge is 0.353 e. The maximum atomic E-state index is 12.6. The summed E-state index contributed by atoms with van der Waals surface area (Å²) in [7, 11) is 0. The van der Waals surface area contributed by atoms with Gasteiger partial charge in [-0.05, 0) is 81.5 Å². The Balaban J connectivity index is 1.06. The highest BCUT2D eigenvalue weighted by atomic mass is 16.2. The number of likely N-dealkylation sites (tertiary alicyclic amines) is 1. The molecule has 0 unspecified atom stereocenters. The summed E-state index contributed by atoms with van der Waals surface area (Å²) in [5.74, 6) is 4.18. The SMILES string of the molecule is O=C(CN1CCC(NC(=O)C2CC2)CC1)NC1C2CC3CC(C2)CC1C3. The summed E-state index contributed by atoms with van der Waals surface area (Å²) in [4.78, 5) is 26.8. The fourth-order valence-corrected chi connectivity index (χ4v) is 6.50. The Hall–Kier alpha value is -1.10. The van der Waals surface area contributed by atoms with Gasteiger partial charge in [-0.25, -0.2) is 0 Å². The summed E-state index contributed by atoms with van der Waals surface area (Å²) in [5.41, 5.74) is 0. The molecule has 6 rings (SSSR count). The minimum atomic E-state index is 0.225. The van der Waals surface area contributed by atoms with Gasteiger partial charge in [0.2, 0.25) is 11.8 Å². The number of hydrogen-bond acceptors (Lipinski definition) is 3. The minimum absolute atomic E-state index is 0.225. The Labute approximate surface area is 156 Å². The van der Waals surface area contributed by atoms with E-state index in [4.69, 9.17) is 0 Å². The normalized spacial score (nSPS) is 39.8. The maximum Gasteiger partial charge on any atom is 0.234 e.